The predicted octanol–water partition coefficient (Wildman–Crippen LogP) is 5.44. The van der Waals surface area contributed by atoms with E-state index in [0.29, 0.717) is 11.5 Å². The zero-order valence-corrected chi connectivity index (χ0v) is 22.9. The summed E-state index contributed by atoms with van der Waals surface area (Å²) in [7, 11) is -6.00. The quantitative estimate of drug-likeness (QED) is 0.192. The van der Waals surface area contributed by atoms with Crippen LogP contribution in [0.25, 0.3) is 0 Å². The zero-order valence-electron chi connectivity index (χ0n) is 19.4. The van der Waals surface area contributed by atoms with Gasteiger partial charge in [-0.15, -0.1) is 22.2 Å². The molecule has 0 unspecified atom stereocenters. The molecule has 0 N–H and O–H groups in total. The molecule has 0 saturated carbocycles. The molecule has 0 amide bonds. The summed E-state index contributed by atoms with van der Waals surface area (Å²) >= 11 is 14.6. The molecule has 0 radical (unpaired) electrons. The van der Waals surface area contributed by atoms with Gasteiger partial charge in [0.15, 0.2) is 0 Å². The molecular formula is C30H24Cl2O2Si2. The Kier molecular flexibility index (Phi) is 7.30. The minimum absolute atomic E-state index is 0.679. The summed E-state index contributed by atoms with van der Waals surface area (Å²) in [6, 6.07) is 47.6. The summed E-state index contributed by atoms with van der Waals surface area (Å²) in [6.45, 7) is 0. The van der Waals surface area contributed by atoms with E-state index in [4.69, 9.17) is 31.0 Å². The fraction of sp³-hybridized carbons (Fsp3) is 0. The molecule has 0 saturated heterocycles. The van der Waals surface area contributed by atoms with E-state index in [0.717, 1.165) is 20.7 Å². The maximum atomic E-state index is 7.30. The molecule has 2 nitrogen and oxygen atoms in total. The first-order valence-electron chi connectivity index (χ1n) is 11.7. The van der Waals surface area contributed by atoms with E-state index in [9.17, 15) is 0 Å². The van der Waals surface area contributed by atoms with Crippen LogP contribution in [0.5, 0.6) is 11.5 Å². The molecule has 0 spiro atoms. The molecule has 0 aliphatic heterocycles. The maximum absolute atomic E-state index is 7.30. The maximum Gasteiger partial charge on any atom is 0.414 e. The van der Waals surface area contributed by atoms with Crippen LogP contribution in [0, 0.1) is 0 Å². The molecule has 5 aromatic carbocycles. The second-order valence-corrected chi connectivity index (χ2v) is 16.6. The molecule has 36 heavy (non-hydrogen) atoms. The van der Waals surface area contributed by atoms with Crippen molar-refractivity contribution in [1.82, 2.24) is 0 Å². The summed E-state index contributed by atoms with van der Waals surface area (Å²) in [5, 5.41) is 3.94. The molecular weight excluding hydrogens is 519 g/mol. The van der Waals surface area contributed by atoms with Crippen LogP contribution in [0.15, 0.2) is 146 Å². The van der Waals surface area contributed by atoms with Crippen molar-refractivity contribution < 1.29 is 8.85 Å². The van der Waals surface area contributed by atoms with Gasteiger partial charge in [0.1, 0.15) is 11.5 Å². The average molecular weight is 544 g/mol. The van der Waals surface area contributed by atoms with E-state index < -0.39 is 15.3 Å². The Bertz CT molecular complexity index is 1200. The number of rotatable bonds is 8. The minimum Gasteiger partial charge on any atom is -0.523 e. The van der Waals surface area contributed by atoms with Crippen LogP contribution < -0.4 is 29.6 Å². The molecule has 178 valence electrons. The van der Waals surface area contributed by atoms with Crippen molar-refractivity contribution >= 4 is 58.2 Å². The number of benzene rings is 5. The lowest BCUT2D eigenvalue weighted by atomic mass is 10.3. The predicted molar refractivity (Wildman–Crippen MR) is 155 cm³/mol. The highest BCUT2D eigenvalue weighted by atomic mass is 35.6. The fourth-order valence-corrected chi connectivity index (χ4v) is 10.7. The lowest BCUT2D eigenvalue weighted by Gasteiger charge is -2.28. The van der Waals surface area contributed by atoms with Gasteiger partial charge in [0, 0.05) is 0 Å². The van der Waals surface area contributed by atoms with Crippen molar-refractivity contribution in [2.75, 3.05) is 0 Å². The lowest BCUT2D eigenvalue weighted by Crippen LogP contribution is -2.59. The first-order chi connectivity index (χ1) is 17.6. The Labute approximate surface area is 223 Å². The van der Waals surface area contributed by atoms with Gasteiger partial charge in [-0.2, -0.15) is 0 Å². The topological polar surface area (TPSA) is 18.5 Å². The second-order valence-electron chi connectivity index (χ2n) is 8.33. The van der Waals surface area contributed by atoms with Crippen molar-refractivity contribution in [1.29, 1.82) is 0 Å². The SMILES string of the molecule is Cl[Si](Oc1ccc(O[Si](Cl)(c2ccccc2)c2ccccc2)cc1)(c1ccccc1)c1ccccc1. The Balaban J connectivity index is 1.45. The summed E-state index contributed by atoms with van der Waals surface area (Å²) in [4.78, 5) is 0. The Morgan fingerprint density at radius 1 is 0.333 bits per heavy atom. The summed E-state index contributed by atoms with van der Waals surface area (Å²) in [5.41, 5.74) is 0. The largest absolute Gasteiger partial charge is 0.523 e. The number of hydrogen-bond acceptors (Lipinski definition) is 2. The van der Waals surface area contributed by atoms with Gasteiger partial charge < -0.3 is 8.85 Å². The van der Waals surface area contributed by atoms with E-state index in [2.05, 4.69) is 0 Å². The first-order valence-corrected chi connectivity index (χ1v) is 17.5. The molecule has 0 atom stereocenters. The second kappa shape index (κ2) is 10.8. The fourth-order valence-electron chi connectivity index (χ4n) is 4.08. The van der Waals surface area contributed by atoms with Crippen LogP contribution in [-0.4, -0.2) is 15.3 Å². The van der Waals surface area contributed by atoms with E-state index in [1.807, 2.05) is 146 Å². The molecule has 6 heteroatoms. The van der Waals surface area contributed by atoms with Gasteiger partial charge in [0.25, 0.3) is 0 Å². The van der Waals surface area contributed by atoms with Gasteiger partial charge in [0.05, 0.1) is 0 Å². The number of hydrogen-bond donors (Lipinski definition) is 0. The van der Waals surface area contributed by atoms with Gasteiger partial charge in [-0.25, -0.2) is 0 Å². The zero-order chi connectivity index (χ0) is 24.8. The standard InChI is InChI=1S/C30H24Cl2O2Si2/c31-35(27-13-5-1-6-14-27,28-15-7-2-8-16-28)33-25-21-23-26(24-22-25)34-36(32,29-17-9-3-10-18-29)30-19-11-4-12-20-30/h1-24H. The highest BCUT2D eigenvalue weighted by molar-refractivity contribution is 7.31. The van der Waals surface area contributed by atoms with Crippen molar-refractivity contribution in [3.63, 3.8) is 0 Å². The van der Waals surface area contributed by atoms with Crippen molar-refractivity contribution in [2.24, 2.45) is 0 Å². The van der Waals surface area contributed by atoms with Crippen molar-refractivity contribution in [2.45, 2.75) is 0 Å². The van der Waals surface area contributed by atoms with Crippen LogP contribution in [0.1, 0.15) is 0 Å². The third kappa shape index (κ3) is 5.13. The van der Waals surface area contributed by atoms with Gasteiger partial charge in [-0.3, -0.25) is 0 Å². The summed E-state index contributed by atoms with van der Waals surface area (Å²) in [5.74, 6) is 1.36. The monoisotopic (exact) mass is 542 g/mol. The summed E-state index contributed by atoms with van der Waals surface area (Å²) < 4.78 is 13.1. The average Bonchev–Trinajstić information content (AvgIpc) is 2.96. The Morgan fingerprint density at radius 3 is 0.778 bits per heavy atom. The molecule has 5 rings (SSSR count). The van der Waals surface area contributed by atoms with Crippen LogP contribution >= 0.6 is 22.2 Å². The van der Waals surface area contributed by atoms with Crippen LogP contribution in [0.3, 0.4) is 0 Å². The Morgan fingerprint density at radius 2 is 0.556 bits per heavy atom. The smallest absolute Gasteiger partial charge is 0.414 e. The van der Waals surface area contributed by atoms with Gasteiger partial charge >= 0.3 is 15.3 Å². The highest BCUT2D eigenvalue weighted by Gasteiger charge is 2.41. The molecule has 0 heterocycles. The molecule has 0 bridgehead atoms. The lowest BCUT2D eigenvalue weighted by molar-refractivity contribution is 0.567. The van der Waals surface area contributed by atoms with Gasteiger partial charge in [-0.1, -0.05) is 121 Å². The highest BCUT2D eigenvalue weighted by Crippen LogP contribution is 2.25. The van der Waals surface area contributed by atoms with E-state index in [-0.39, 0.29) is 0 Å². The summed E-state index contributed by atoms with van der Waals surface area (Å²) in [6.07, 6.45) is 0. The van der Waals surface area contributed by atoms with Gasteiger partial charge in [-0.05, 0) is 45.0 Å². The third-order valence-electron chi connectivity index (χ3n) is 5.92. The van der Waals surface area contributed by atoms with Crippen molar-refractivity contribution in [3.05, 3.63) is 146 Å². The first kappa shape index (κ1) is 24.4. The normalized spacial score (nSPS) is 11.6. The van der Waals surface area contributed by atoms with E-state index >= 15 is 0 Å². The minimum atomic E-state index is -3.00. The Hall–Kier alpha value is -3.29. The van der Waals surface area contributed by atoms with Crippen LogP contribution in [0.4, 0.5) is 0 Å². The number of halogens is 2. The molecule has 5 aromatic rings. The van der Waals surface area contributed by atoms with E-state index in [1.165, 1.54) is 0 Å². The molecule has 0 aliphatic rings. The third-order valence-corrected chi connectivity index (χ3v) is 14.3. The molecule has 0 aliphatic carbocycles. The van der Waals surface area contributed by atoms with Gasteiger partial charge in [0.2, 0.25) is 0 Å². The molecule has 0 fully saturated rings. The molecule has 0 aromatic heterocycles. The van der Waals surface area contributed by atoms with E-state index in [1.54, 1.807) is 0 Å². The van der Waals surface area contributed by atoms with Crippen LogP contribution in [0.2, 0.25) is 0 Å². The van der Waals surface area contributed by atoms with Crippen LogP contribution in [-0.2, 0) is 0 Å². The van der Waals surface area contributed by atoms with Crippen molar-refractivity contribution in [3.8, 4) is 11.5 Å².